The maximum absolute atomic E-state index is 11.6. The Labute approximate surface area is 146 Å². The van der Waals surface area contributed by atoms with Gasteiger partial charge in [0.05, 0.1) is 17.1 Å². The summed E-state index contributed by atoms with van der Waals surface area (Å²) in [5, 5.41) is 40.8. The molecule has 0 aliphatic carbocycles. The van der Waals surface area contributed by atoms with Crippen molar-refractivity contribution in [3.05, 3.63) is 27.8 Å². The lowest BCUT2D eigenvalue weighted by atomic mass is 10.0. The molecule has 2 aliphatic heterocycles. The minimum Gasteiger partial charge on any atom is -0.391 e. The van der Waals surface area contributed by atoms with Crippen LogP contribution in [0.25, 0.3) is 0 Å². The zero-order valence-corrected chi connectivity index (χ0v) is 14.0. The lowest BCUT2D eigenvalue weighted by Gasteiger charge is -2.35. The molecule has 134 valence electrons. The van der Waals surface area contributed by atoms with E-state index in [1.54, 1.807) is 11.0 Å². The number of β-amino-alcohol motifs (C(OH)–C–C–N with tert-alkyl or cyclic N) is 2. The van der Waals surface area contributed by atoms with Gasteiger partial charge in [-0.2, -0.15) is 5.26 Å². The van der Waals surface area contributed by atoms with E-state index in [0.29, 0.717) is 37.4 Å². The molecule has 0 saturated carbocycles. The Kier molecular flexibility index (Phi) is 5.06. The molecule has 0 amide bonds. The monoisotopic (exact) mass is 346 g/mol. The highest BCUT2D eigenvalue weighted by atomic mass is 16.6. The number of nitro groups is 1. The van der Waals surface area contributed by atoms with Gasteiger partial charge in [-0.15, -0.1) is 0 Å². The molecule has 0 spiro atoms. The highest BCUT2D eigenvalue weighted by Gasteiger charge is 2.30. The standard InChI is InChI=1S/C17H22N4O4/c18-9-12-7-13(19-5-1-3-14(22)10-19)8-16(17(12)21(24)25)20-6-2-4-15(23)11-20/h7-8,14-15,22-23H,1-6,10-11H2/t14-,15-/m0/s1. The van der Waals surface area contributed by atoms with Crippen LogP contribution in [0.15, 0.2) is 12.1 Å². The average Bonchev–Trinajstić information content (AvgIpc) is 2.60. The van der Waals surface area contributed by atoms with Crippen LogP contribution in [0.5, 0.6) is 0 Å². The molecule has 2 saturated heterocycles. The van der Waals surface area contributed by atoms with E-state index >= 15 is 0 Å². The zero-order chi connectivity index (χ0) is 18.0. The fraction of sp³-hybridized carbons (Fsp3) is 0.588. The van der Waals surface area contributed by atoms with Crippen molar-refractivity contribution in [3.63, 3.8) is 0 Å². The van der Waals surface area contributed by atoms with Crippen LogP contribution >= 0.6 is 0 Å². The van der Waals surface area contributed by atoms with E-state index in [0.717, 1.165) is 25.8 Å². The lowest BCUT2D eigenvalue weighted by Crippen LogP contribution is -2.40. The van der Waals surface area contributed by atoms with Gasteiger partial charge in [-0.25, -0.2) is 0 Å². The molecule has 0 unspecified atom stereocenters. The van der Waals surface area contributed by atoms with Crippen molar-refractivity contribution in [1.29, 1.82) is 5.26 Å². The van der Waals surface area contributed by atoms with Crippen LogP contribution in [-0.2, 0) is 0 Å². The van der Waals surface area contributed by atoms with Crippen LogP contribution in [0.3, 0.4) is 0 Å². The van der Waals surface area contributed by atoms with Crippen molar-refractivity contribution < 1.29 is 15.1 Å². The Morgan fingerprint density at radius 1 is 1.12 bits per heavy atom. The molecule has 2 atom stereocenters. The fourth-order valence-electron chi connectivity index (χ4n) is 3.67. The number of rotatable bonds is 3. The molecule has 25 heavy (non-hydrogen) atoms. The molecule has 0 radical (unpaired) electrons. The third-order valence-corrected chi connectivity index (χ3v) is 4.88. The van der Waals surface area contributed by atoms with Gasteiger partial charge in [0.15, 0.2) is 0 Å². The summed E-state index contributed by atoms with van der Waals surface area (Å²) in [7, 11) is 0. The van der Waals surface area contributed by atoms with Crippen LogP contribution in [0.1, 0.15) is 31.2 Å². The summed E-state index contributed by atoms with van der Waals surface area (Å²) in [6.45, 7) is 2.11. The summed E-state index contributed by atoms with van der Waals surface area (Å²) < 4.78 is 0. The number of nitrogens with zero attached hydrogens (tertiary/aromatic N) is 4. The van der Waals surface area contributed by atoms with Crippen molar-refractivity contribution in [2.24, 2.45) is 0 Å². The predicted molar refractivity (Wildman–Crippen MR) is 92.7 cm³/mol. The van der Waals surface area contributed by atoms with Crippen LogP contribution in [0.4, 0.5) is 17.1 Å². The number of nitro benzene ring substituents is 1. The second kappa shape index (κ2) is 7.25. The summed E-state index contributed by atoms with van der Waals surface area (Å²) in [6, 6.07) is 5.18. The van der Waals surface area contributed by atoms with E-state index < -0.39 is 17.1 Å². The number of anilines is 2. The SMILES string of the molecule is N#Cc1cc(N2CCC[C@H](O)C2)cc(N2CCC[C@H](O)C2)c1[N+](=O)[O-]. The molecule has 0 bridgehead atoms. The van der Waals surface area contributed by atoms with Crippen molar-refractivity contribution in [2.75, 3.05) is 36.0 Å². The molecule has 8 nitrogen and oxygen atoms in total. The van der Waals surface area contributed by atoms with Gasteiger partial charge in [0.2, 0.25) is 0 Å². The minimum atomic E-state index is -0.528. The number of aliphatic hydroxyl groups is 2. The van der Waals surface area contributed by atoms with E-state index in [2.05, 4.69) is 0 Å². The molecule has 1 aromatic rings. The van der Waals surface area contributed by atoms with Crippen LogP contribution in [0, 0.1) is 21.4 Å². The van der Waals surface area contributed by atoms with Crippen molar-refractivity contribution >= 4 is 17.1 Å². The zero-order valence-electron chi connectivity index (χ0n) is 14.0. The van der Waals surface area contributed by atoms with Gasteiger partial charge in [0.25, 0.3) is 0 Å². The van der Waals surface area contributed by atoms with Crippen molar-refractivity contribution in [2.45, 2.75) is 37.9 Å². The quantitative estimate of drug-likeness (QED) is 0.628. The normalized spacial score (nSPS) is 24.0. The Morgan fingerprint density at radius 2 is 1.72 bits per heavy atom. The number of benzene rings is 1. The number of piperidine rings is 2. The predicted octanol–water partition coefficient (Wildman–Crippen LogP) is 1.39. The smallest absolute Gasteiger partial charge is 0.310 e. The summed E-state index contributed by atoms with van der Waals surface area (Å²) >= 11 is 0. The van der Waals surface area contributed by atoms with Gasteiger partial charge in [0, 0.05) is 31.9 Å². The van der Waals surface area contributed by atoms with E-state index in [1.165, 1.54) is 6.07 Å². The van der Waals surface area contributed by atoms with Gasteiger partial charge in [-0.1, -0.05) is 0 Å². The molecule has 2 N–H and O–H groups in total. The maximum Gasteiger partial charge on any atom is 0.310 e. The van der Waals surface area contributed by atoms with E-state index in [4.69, 9.17) is 0 Å². The van der Waals surface area contributed by atoms with Gasteiger partial charge in [-0.3, -0.25) is 10.1 Å². The average molecular weight is 346 g/mol. The topological polar surface area (TPSA) is 114 Å². The van der Waals surface area contributed by atoms with Crippen LogP contribution < -0.4 is 9.80 Å². The van der Waals surface area contributed by atoms with E-state index in [-0.39, 0.29) is 11.3 Å². The Morgan fingerprint density at radius 3 is 2.28 bits per heavy atom. The minimum absolute atomic E-state index is 0.0117. The summed E-state index contributed by atoms with van der Waals surface area (Å²) in [6.07, 6.45) is 2.02. The summed E-state index contributed by atoms with van der Waals surface area (Å²) in [5.74, 6) is 0. The van der Waals surface area contributed by atoms with E-state index in [1.807, 2.05) is 11.0 Å². The second-order valence-corrected chi connectivity index (χ2v) is 6.71. The first kappa shape index (κ1) is 17.5. The number of aliphatic hydroxyl groups excluding tert-OH is 2. The summed E-state index contributed by atoms with van der Waals surface area (Å²) in [4.78, 5) is 14.8. The maximum atomic E-state index is 11.6. The largest absolute Gasteiger partial charge is 0.391 e. The second-order valence-electron chi connectivity index (χ2n) is 6.71. The van der Waals surface area contributed by atoms with Gasteiger partial charge < -0.3 is 20.0 Å². The third-order valence-electron chi connectivity index (χ3n) is 4.88. The number of hydrogen-bond donors (Lipinski definition) is 2. The number of nitriles is 1. The highest BCUT2D eigenvalue weighted by Crippen LogP contribution is 2.38. The lowest BCUT2D eigenvalue weighted by molar-refractivity contribution is -0.384. The fourth-order valence-corrected chi connectivity index (χ4v) is 3.67. The molecule has 2 aliphatic rings. The molecular weight excluding hydrogens is 324 g/mol. The first-order chi connectivity index (χ1) is 12.0. The molecule has 0 aromatic heterocycles. The molecule has 8 heteroatoms. The van der Waals surface area contributed by atoms with Gasteiger partial charge in [0.1, 0.15) is 17.3 Å². The molecule has 2 fully saturated rings. The molecule has 3 rings (SSSR count). The van der Waals surface area contributed by atoms with Crippen molar-refractivity contribution in [1.82, 2.24) is 0 Å². The highest BCUT2D eigenvalue weighted by molar-refractivity contribution is 5.76. The Bertz CT molecular complexity index is 703. The van der Waals surface area contributed by atoms with Crippen LogP contribution in [0.2, 0.25) is 0 Å². The van der Waals surface area contributed by atoms with Crippen LogP contribution in [-0.4, -0.2) is 53.5 Å². The first-order valence-electron chi connectivity index (χ1n) is 8.58. The molecular formula is C17H22N4O4. The molecule has 2 heterocycles. The number of hydrogen-bond acceptors (Lipinski definition) is 7. The molecule has 1 aromatic carbocycles. The Hall–Kier alpha value is -2.37. The van der Waals surface area contributed by atoms with Crippen molar-refractivity contribution in [3.8, 4) is 6.07 Å². The van der Waals surface area contributed by atoms with Gasteiger partial charge >= 0.3 is 5.69 Å². The first-order valence-corrected chi connectivity index (χ1v) is 8.58. The Balaban J connectivity index is 2.05. The third kappa shape index (κ3) is 3.67. The van der Waals surface area contributed by atoms with Gasteiger partial charge in [-0.05, 0) is 37.8 Å². The summed E-state index contributed by atoms with van der Waals surface area (Å²) in [5.41, 5.74) is 0.879. The van der Waals surface area contributed by atoms with E-state index in [9.17, 15) is 25.6 Å².